The molecule has 0 radical (unpaired) electrons. The standard InChI is InChI=1S/C29H33N3O7S/c1-21(2)17-27(32-29(35)38-20-22-9-5-3-6-10-22)28(34)30-18-23(33)19-31-40(36,37)26-15-13-25(14-16-26)39-24-11-7-4-8-12-24/h3-16,21,27,31H,17-20H2,1-2H3,(H,30,34)(H,32,35)/t27-/m0/s1. The molecule has 3 aromatic rings. The lowest BCUT2D eigenvalue weighted by atomic mass is 10.0. The summed E-state index contributed by atoms with van der Waals surface area (Å²) < 4.78 is 38.3. The average Bonchev–Trinajstić information content (AvgIpc) is 2.94. The summed E-state index contributed by atoms with van der Waals surface area (Å²) in [6, 6.07) is 23.0. The molecule has 0 fully saturated rings. The summed E-state index contributed by atoms with van der Waals surface area (Å²) in [6.07, 6.45) is -0.444. The topological polar surface area (TPSA) is 140 Å². The summed E-state index contributed by atoms with van der Waals surface area (Å²) in [7, 11) is -3.97. The Balaban J connectivity index is 1.46. The van der Waals surface area contributed by atoms with Crippen LogP contribution in [0.2, 0.25) is 0 Å². The molecule has 0 heterocycles. The van der Waals surface area contributed by atoms with Crippen molar-refractivity contribution in [2.75, 3.05) is 13.1 Å². The number of para-hydroxylation sites is 1. The van der Waals surface area contributed by atoms with Gasteiger partial charge in [-0.2, -0.15) is 0 Å². The third-order valence-corrected chi connectivity index (χ3v) is 6.98. The normalized spacial score (nSPS) is 11.9. The van der Waals surface area contributed by atoms with Gasteiger partial charge < -0.3 is 20.1 Å². The highest BCUT2D eigenvalue weighted by Crippen LogP contribution is 2.22. The van der Waals surface area contributed by atoms with Crippen LogP contribution in [0.1, 0.15) is 25.8 Å². The van der Waals surface area contributed by atoms with Crippen molar-refractivity contribution in [3.8, 4) is 11.5 Å². The highest BCUT2D eigenvalue weighted by molar-refractivity contribution is 7.89. The number of amides is 2. The number of rotatable bonds is 14. The highest BCUT2D eigenvalue weighted by atomic mass is 32.2. The van der Waals surface area contributed by atoms with Gasteiger partial charge in [-0.25, -0.2) is 17.9 Å². The monoisotopic (exact) mass is 567 g/mol. The SMILES string of the molecule is CC(C)C[C@H](NC(=O)OCc1ccccc1)C(=O)NCC(=O)CNS(=O)(=O)c1ccc(Oc2ccccc2)cc1. The lowest BCUT2D eigenvalue weighted by Crippen LogP contribution is -2.49. The Morgan fingerprint density at radius 3 is 2.02 bits per heavy atom. The molecule has 0 unspecified atom stereocenters. The van der Waals surface area contributed by atoms with E-state index in [1.165, 1.54) is 24.3 Å². The van der Waals surface area contributed by atoms with Crippen molar-refractivity contribution in [3.05, 3.63) is 90.5 Å². The minimum absolute atomic E-state index is 0.0417. The second-order valence-electron chi connectivity index (χ2n) is 9.36. The van der Waals surface area contributed by atoms with Crippen molar-refractivity contribution in [2.45, 2.75) is 37.8 Å². The number of ketones is 1. The zero-order chi connectivity index (χ0) is 29.0. The Kier molecular flexibility index (Phi) is 11.2. The number of Topliss-reactive ketones (excluding diaryl/α,β-unsaturated/α-hetero) is 1. The van der Waals surface area contributed by atoms with Crippen molar-refractivity contribution < 1.29 is 32.3 Å². The lowest BCUT2D eigenvalue weighted by molar-refractivity contribution is -0.126. The van der Waals surface area contributed by atoms with Gasteiger partial charge in [-0.15, -0.1) is 0 Å². The van der Waals surface area contributed by atoms with Crippen LogP contribution in [-0.2, 0) is 31.0 Å². The van der Waals surface area contributed by atoms with E-state index in [2.05, 4.69) is 15.4 Å². The van der Waals surface area contributed by atoms with Gasteiger partial charge in [0.15, 0.2) is 5.78 Å². The maximum atomic E-state index is 12.7. The van der Waals surface area contributed by atoms with Gasteiger partial charge in [-0.1, -0.05) is 62.4 Å². The number of alkyl carbamates (subject to hydrolysis) is 1. The van der Waals surface area contributed by atoms with Gasteiger partial charge in [0, 0.05) is 0 Å². The van der Waals surface area contributed by atoms with Gasteiger partial charge in [-0.3, -0.25) is 9.59 Å². The van der Waals surface area contributed by atoms with Gasteiger partial charge in [0.25, 0.3) is 0 Å². The summed E-state index contributed by atoms with van der Waals surface area (Å²) >= 11 is 0. The zero-order valence-electron chi connectivity index (χ0n) is 22.3. The molecule has 212 valence electrons. The molecule has 3 aromatic carbocycles. The molecule has 0 aliphatic rings. The molecular weight excluding hydrogens is 534 g/mol. The summed E-state index contributed by atoms with van der Waals surface area (Å²) in [6.45, 7) is 2.88. The Morgan fingerprint density at radius 2 is 1.40 bits per heavy atom. The summed E-state index contributed by atoms with van der Waals surface area (Å²) in [5.74, 6) is -0.000112. The third-order valence-electron chi connectivity index (χ3n) is 5.56. The van der Waals surface area contributed by atoms with E-state index in [0.717, 1.165) is 5.56 Å². The van der Waals surface area contributed by atoms with Crippen LogP contribution < -0.4 is 20.1 Å². The van der Waals surface area contributed by atoms with Crippen LogP contribution >= 0.6 is 0 Å². The van der Waals surface area contributed by atoms with Gasteiger partial charge in [0.1, 0.15) is 24.1 Å². The smallest absolute Gasteiger partial charge is 0.408 e. The number of sulfonamides is 1. The number of nitrogens with one attached hydrogen (secondary N) is 3. The van der Waals surface area contributed by atoms with Gasteiger partial charge in [0.05, 0.1) is 18.0 Å². The van der Waals surface area contributed by atoms with Gasteiger partial charge >= 0.3 is 6.09 Å². The van der Waals surface area contributed by atoms with Crippen LogP contribution in [0.4, 0.5) is 4.79 Å². The maximum Gasteiger partial charge on any atom is 0.408 e. The summed E-state index contributed by atoms with van der Waals surface area (Å²) in [4.78, 5) is 37.2. The first-order valence-corrected chi connectivity index (χ1v) is 14.2. The van der Waals surface area contributed by atoms with E-state index in [1.807, 2.05) is 50.2 Å². The number of hydrogen-bond donors (Lipinski definition) is 3. The Bertz CT molecular complexity index is 1360. The Hall–Kier alpha value is -4.22. The maximum absolute atomic E-state index is 12.7. The molecule has 3 rings (SSSR count). The molecule has 3 N–H and O–H groups in total. The molecule has 1 atom stereocenters. The minimum Gasteiger partial charge on any atom is -0.457 e. The van der Waals surface area contributed by atoms with E-state index in [1.54, 1.807) is 24.3 Å². The zero-order valence-corrected chi connectivity index (χ0v) is 23.1. The largest absolute Gasteiger partial charge is 0.457 e. The number of benzene rings is 3. The second-order valence-corrected chi connectivity index (χ2v) is 11.1. The molecule has 0 aliphatic heterocycles. The van der Waals surface area contributed by atoms with Crippen molar-refractivity contribution in [2.24, 2.45) is 5.92 Å². The van der Waals surface area contributed by atoms with Crippen molar-refractivity contribution in [1.82, 2.24) is 15.4 Å². The summed E-state index contributed by atoms with van der Waals surface area (Å²) in [5.41, 5.74) is 0.798. The first-order valence-electron chi connectivity index (χ1n) is 12.7. The Morgan fingerprint density at radius 1 is 0.800 bits per heavy atom. The van der Waals surface area contributed by atoms with Crippen LogP contribution in [-0.4, -0.2) is 45.3 Å². The van der Waals surface area contributed by atoms with Crippen LogP contribution in [0.25, 0.3) is 0 Å². The van der Waals surface area contributed by atoms with Crippen LogP contribution in [0.5, 0.6) is 11.5 Å². The average molecular weight is 568 g/mol. The first kappa shape index (κ1) is 30.3. The quantitative estimate of drug-likeness (QED) is 0.269. The number of carbonyl (C=O) groups excluding carboxylic acids is 3. The molecule has 40 heavy (non-hydrogen) atoms. The van der Waals surface area contributed by atoms with E-state index in [-0.39, 0.29) is 17.4 Å². The predicted molar refractivity (Wildman–Crippen MR) is 149 cm³/mol. The molecule has 0 aromatic heterocycles. The van der Waals surface area contributed by atoms with Crippen molar-refractivity contribution in [1.29, 1.82) is 0 Å². The van der Waals surface area contributed by atoms with E-state index < -0.39 is 46.9 Å². The second kappa shape index (κ2) is 14.8. The van der Waals surface area contributed by atoms with Crippen LogP contribution in [0.15, 0.2) is 89.8 Å². The van der Waals surface area contributed by atoms with Crippen LogP contribution in [0.3, 0.4) is 0 Å². The fourth-order valence-electron chi connectivity index (χ4n) is 3.55. The van der Waals surface area contributed by atoms with Crippen molar-refractivity contribution >= 4 is 27.8 Å². The molecular formula is C29H33N3O7S. The van der Waals surface area contributed by atoms with Gasteiger partial charge in [0.2, 0.25) is 15.9 Å². The molecule has 0 spiro atoms. The molecule has 0 aliphatic carbocycles. The van der Waals surface area contributed by atoms with E-state index >= 15 is 0 Å². The van der Waals surface area contributed by atoms with Gasteiger partial charge in [-0.05, 0) is 54.3 Å². The molecule has 11 heteroatoms. The first-order chi connectivity index (χ1) is 19.1. The number of hydrogen-bond acceptors (Lipinski definition) is 7. The van der Waals surface area contributed by atoms with Crippen LogP contribution in [0, 0.1) is 5.92 Å². The highest BCUT2D eigenvalue weighted by Gasteiger charge is 2.23. The van der Waals surface area contributed by atoms with Crippen molar-refractivity contribution in [3.63, 3.8) is 0 Å². The third kappa shape index (κ3) is 10.2. The molecule has 10 nitrogen and oxygen atoms in total. The van der Waals surface area contributed by atoms with E-state index in [4.69, 9.17) is 9.47 Å². The molecule has 0 saturated heterocycles. The fraction of sp³-hybridized carbons (Fsp3) is 0.276. The summed E-state index contributed by atoms with van der Waals surface area (Å²) in [5, 5.41) is 5.00. The number of ether oxygens (including phenoxy) is 2. The van der Waals surface area contributed by atoms with E-state index in [0.29, 0.717) is 17.9 Å². The number of carbonyl (C=O) groups is 3. The van der Waals surface area contributed by atoms with E-state index in [9.17, 15) is 22.8 Å². The molecule has 2 amide bonds. The fourth-order valence-corrected chi connectivity index (χ4v) is 4.56. The minimum atomic E-state index is -3.97. The predicted octanol–water partition coefficient (Wildman–Crippen LogP) is 3.78. The Labute approximate surface area is 234 Å². The molecule has 0 saturated carbocycles. The lowest BCUT2D eigenvalue weighted by Gasteiger charge is -2.20. The molecule has 0 bridgehead atoms.